The second-order valence-electron chi connectivity index (χ2n) is 7.28. The fraction of sp³-hybridized carbons (Fsp3) is 0.381. The van der Waals surface area contributed by atoms with Gasteiger partial charge in [0.15, 0.2) is 0 Å². The molecule has 1 amide bonds. The van der Waals surface area contributed by atoms with Gasteiger partial charge in [-0.3, -0.25) is 14.9 Å². The van der Waals surface area contributed by atoms with Crippen molar-refractivity contribution in [1.29, 1.82) is 0 Å². The molecular weight excluding hydrogens is 374 g/mol. The molecule has 4 rings (SSSR count). The number of amides is 1. The fourth-order valence-electron chi connectivity index (χ4n) is 4.30. The summed E-state index contributed by atoms with van der Waals surface area (Å²) in [7, 11) is 3.19. The zero-order valence-corrected chi connectivity index (χ0v) is 16.4. The average molecular weight is 397 g/mol. The molecule has 0 aromatic heterocycles. The van der Waals surface area contributed by atoms with E-state index in [0.717, 1.165) is 23.2 Å². The predicted octanol–water partition coefficient (Wildman–Crippen LogP) is 3.83. The van der Waals surface area contributed by atoms with Crippen LogP contribution in [0.25, 0.3) is 0 Å². The minimum Gasteiger partial charge on any atom is -0.497 e. The van der Waals surface area contributed by atoms with Crippen molar-refractivity contribution in [3.63, 3.8) is 0 Å². The Labute approximate surface area is 168 Å². The maximum Gasteiger partial charge on any atom is 0.269 e. The number of ether oxygens (including phenoxy) is 2. The molecule has 2 aromatic rings. The van der Waals surface area contributed by atoms with Crippen molar-refractivity contribution in [2.45, 2.75) is 31.3 Å². The van der Waals surface area contributed by atoms with E-state index in [1.54, 1.807) is 26.4 Å². The van der Waals surface area contributed by atoms with Crippen molar-refractivity contribution in [2.75, 3.05) is 26.1 Å². The largest absolute Gasteiger partial charge is 0.497 e. The molecule has 2 aromatic carbocycles. The number of carbonyl (C=O) groups is 1. The maximum absolute atomic E-state index is 12.5. The van der Waals surface area contributed by atoms with Crippen molar-refractivity contribution in [3.8, 4) is 11.5 Å². The lowest BCUT2D eigenvalue weighted by atomic mass is 9.87. The number of benzene rings is 2. The number of rotatable bonds is 5. The van der Waals surface area contributed by atoms with Gasteiger partial charge in [-0.15, -0.1) is 0 Å². The first kappa shape index (κ1) is 19.0. The van der Waals surface area contributed by atoms with Crippen LogP contribution >= 0.6 is 0 Å². The predicted molar refractivity (Wildman–Crippen MR) is 107 cm³/mol. The highest BCUT2D eigenvalue weighted by Gasteiger charge is 2.38. The summed E-state index contributed by atoms with van der Waals surface area (Å²) in [5.74, 6) is 1.42. The summed E-state index contributed by atoms with van der Waals surface area (Å²) in [6.07, 6.45) is 1.97. The lowest BCUT2D eigenvalue weighted by molar-refractivity contribution is -0.384. The highest BCUT2D eigenvalue weighted by atomic mass is 16.6. The van der Waals surface area contributed by atoms with Crippen molar-refractivity contribution in [1.82, 2.24) is 4.90 Å². The van der Waals surface area contributed by atoms with Crippen LogP contribution in [0.2, 0.25) is 0 Å². The third-order valence-electron chi connectivity index (χ3n) is 5.66. The van der Waals surface area contributed by atoms with E-state index in [9.17, 15) is 14.9 Å². The molecule has 2 heterocycles. The first-order valence-corrected chi connectivity index (χ1v) is 9.58. The first-order chi connectivity index (χ1) is 14.0. The molecule has 0 aliphatic carbocycles. The molecule has 29 heavy (non-hydrogen) atoms. The molecule has 0 radical (unpaired) electrons. The summed E-state index contributed by atoms with van der Waals surface area (Å²) in [6, 6.07) is 9.97. The molecular formula is C21H23N3O5. The maximum atomic E-state index is 12.5. The smallest absolute Gasteiger partial charge is 0.269 e. The van der Waals surface area contributed by atoms with Crippen LogP contribution in [-0.2, 0) is 4.79 Å². The van der Waals surface area contributed by atoms with E-state index in [2.05, 4.69) is 5.32 Å². The number of fused-ring (bicyclic) bond motifs is 1. The Kier molecular flexibility index (Phi) is 5.00. The monoisotopic (exact) mass is 397 g/mol. The lowest BCUT2D eigenvalue weighted by Crippen LogP contribution is -2.35. The van der Waals surface area contributed by atoms with E-state index in [-0.39, 0.29) is 23.7 Å². The van der Waals surface area contributed by atoms with Gasteiger partial charge >= 0.3 is 0 Å². The third kappa shape index (κ3) is 3.46. The zero-order chi connectivity index (χ0) is 20.5. The summed E-state index contributed by atoms with van der Waals surface area (Å²) >= 11 is 0. The summed E-state index contributed by atoms with van der Waals surface area (Å²) in [4.78, 5) is 25.3. The summed E-state index contributed by atoms with van der Waals surface area (Å²) in [5.41, 5.74) is 2.59. The van der Waals surface area contributed by atoms with E-state index in [0.29, 0.717) is 30.9 Å². The van der Waals surface area contributed by atoms with Crippen LogP contribution in [0.3, 0.4) is 0 Å². The van der Waals surface area contributed by atoms with Crippen molar-refractivity contribution in [2.24, 2.45) is 0 Å². The molecule has 1 N–H and O–H groups in total. The molecule has 152 valence electrons. The number of likely N-dealkylation sites (tertiary alicyclic amines) is 1. The minimum atomic E-state index is -0.395. The van der Waals surface area contributed by atoms with Gasteiger partial charge in [-0.05, 0) is 18.4 Å². The number of nitrogens with one attached hydrogen (secondary N) is 1. The van der Waals surface area contributed by atoms with Crippen LogP contribution in [0.5, 0.6) is 11.5 Å². The lowest BCUT2D eigenvalue weighted by Gasteiger charge is -2.39. The Morgan fingerprint density at radius 3 is 2.69 bits per heavy atom. The number of nitro groups is 1. The molecule has 2 aliphatic rings. The van der Waals surface area contributed by atoms with Crippen LogP contribution in [-0.4, -0.2) is 36.5 Å². The Morgan fingerprint density at radius 2 is 2.03 bits per heavy atom. The fourth-order valence-corrected chi connectivity index (χ4v) is 4.30. The molecule has 0 spiro atoms. The zero-order valence-electron chi connectivity index (χ0n) is 16.4. The van der Waals surface area contributed by atoms with Gasteiger partial charge in [-0.1, -0.05) is 12.1 Å². The second-order valence-corrected chi connectivity index (χ2v) is 7.28. The number of methoxy groups -OCH3 is 2. The summed E-state index contributed by atoms with van der Waals surface area (Å²) in [6.45, 7) is 0.694. The number of non-ortho nitro benzene ring substituents is 1. The van der Waals surface area contributed by atoms with Gasteiger partial charge in [-0.25, -0.2) is 0 Å². The molecule has 2 atom stereocenters. The highest BCUT2D eigenvalue weighted by Crippen LogP contribution is 2.49. The van der Waals surface area contributed by atoms with Crippen molar-refractivity contribution >= 4 is 17.3 Å². The van der Waals surface area contributed by atoms with E-state index in [4.69, 9.17) is 9.47 Å². The number of nitrogens with zero attached hydrogens (tertiary/aromatic N) is 2. The molecule has 0 unspecified atom stereocenters. The van der Waals surface area contributed by atoms with Crippen LogP contribution in [0.1, 0.15) is 42.5 Å². The minimum absolute atomic E-state index is 0.0483. The normalized spacial score (nSPS) is 20.8. The van der Waals surface area contributed by atoms with E-state index >= 15 is 0 Å². The van der Waals surface area contributed by atoms with Crippen LogP contribution in [0, 0.1) is 10.1 Å². The Morgan fingerprint density at radius 1 is 1.21 bits per heavy atom. The number of nitro benzene ring substituents is 1. The molecule has 1 saturated heterocycles. The van der Waals surface area contributed by atoms with Crippen LogP contribution in [0.15, 0.2) is 36.4 Å². The highest BCUT2D eigenvalue weighted by molar-refractivity contribution is 5.80. The molecule has 8 heteroatoms. The molecule has 0 bridgehead atoms. The van der Waals surface area contributed by atoms with Gasteiger partial charge in [0, 0.05) is 48.5 Å². The first-order valence-electron chi connectivity index (χ1n) is 9.58. The Balaban J connectivity index is 1.80. The summed E-state index contributed by atoms with van der Waals surface area (Å²) in [5, 5.41) is 14.7. The third-order valence-corrected chi connectivity index (χ3v) is 5.66. The van der Waals surface area contributed by atoms with Crippen molar-refractivity contribution in [3.05, 3.63) is 57.6 Å². The van der Waals surface area contributed by atoms with Gasteiger partial charge in [0.25, 0.3) is 5.69 Å². The van der Waals surface area contributed by atoms with Gasteiger partial charge in [0.1, 0.15) is 11.5 Å². The standard InChI is InChI=1S/C21H23N3O5/c1-28-15-10-17-21(19(11-15)29-2)18(23-8-4-7-20(23)25)12-16(22-17)13-5-3-6-14(9-13)24(26)27/h3,5-6,9-11,16,18,22H,4,7-8,12H2,1-2H3/t16-,18-/m0/s1. The van der Waals surface area contributed by atoms with Crippen LogP contribution in [0.4, 0.5) is 11.4 Å². The Bertz CT molecular complexity index is 961. The van der Waals surface area contributed by atoms with Gasteiger partial charge in [-0.2, -0.15) is 0 Å². The second kappa shape index (κ2) is 7.62. The van der Waals surface area contributed by atoms with Crippen molar-refractivity contribution < 1.29 is 19.2 Å². The Hall–Kier alpha value is -3.29. The SMILES string of the molecule is COc1cc2c(c(OC)c1)[C@@H](N1CCCC1=O)C[C@@H](c1cccc([N+](=O)[O-])c1)N2. The van der Waals surface area contributed by atoms with E-state index < -0.39 is 4.92 Å². The topological polar surface area (TPSA) is 93.9 Å². The van der Waals surface area contributed by atoms with Gasteiger partial charge < -0.3 is 19.7 Å². The number of hydrogen-bond acceptors (Lipinski definition) is 6. The number of carbonyl (C=O) groups excluding carboxylic acids is 1. The summed E-state index contributed by atoms with van der Waals surface area (Å²) < 4.78 is 11.0. The number of anilines is 1. The quantitative estimate of drug-likeness (QED) is 0.609. The van der Waals surface area contributed by atoms with E-state index in [1.165, 1.54) is 6.07 Å². The van der Waals surface area contributed by atoms with Gasteiger partial charge in [0.05, 0.1) is 31.2 Å². The molecule has 0 saturated carbocycles. The molecule has 1 fully saturated rings. The van der Waals surface area contributed by atoms with E-state index in [1.807, 2.05) is 23.1 Å². The van der Waals surface area contributed by atoms with Crippen LogP contribution < -0.4 is 14.8 Å². The number of hydrogen-bond donors (Lipinski definition) is 1. The average Bonchev–Trinajstić information content (AvgIpc) is 3.17. The van der Waals surface area contributed by atoms with Gasteiger partial charge in [0.2, 0.25) is 5.91 Å². The molecule has 8 nitrogen and oxygen atoms in total. The molecule has 2 aliphatic heterocycles.